The predicted molar refractivity (Wildman–Crippen MR) is 107 cm³/mol. The summed E-state index contributed by atoms with van der Waals surface area (Å²) in [4.78, 5) is 16.4. The molecule has 0 aliphatic rings. The van der Waals surface area contributed by atoms with Gasteiger partial charge in [-0.2, -0.15) is 4.98 Å². The minimum absolute atomic E-state index is 0.0614. The highest BCUT2D eigenvalue weighted by molar-refractivity contribution is 5.70. The maximum absolute atomic E-state index is 12.1. The molecule has 0 saturated heterocycles. The highest BCUT2D eigenvalue weighted by atomic mass is 16.6. The van der Waals surface area contributed by atoms with Gasteiger partial charge in [0.2, 0.25) is 5.82 Å². The van der Waals surface area contributed by atoms with E-state index in [-0.39, 0.29) is 24.9 Å². The largest absolute Gasteiger partial charge is 0.493 e. The summed E-state index contributed by atoms with van der Waals surface area (Å²) in [5.74, 6) is 1.62. The fourth-order valence-electron chi connectivity index (χ4n) is 2.92. The van der Waals surface area contributed by atoms with E-state index in [2.05, 4.69) is 17.1 Å². The Labute approximate surface area is 169 Å². The minimum Gasteiger partial charge on any atom is -0.493 e. The number of methoxy groups -OCH3 is 2. The van der Waals surface area contributed by atoms with Crippen molar-refractivity contribution >= 4 is 5.97 Å². The van der Waals surface area contributed by atoms with E-state index in [1.165, 1.54) is 5.56 Å². The Morgan fingerprint density at radius 3 is 2.55 bits per heavy atom. The number of aryl methyl sites for hydroxylation is 2. The summed E-state index contributed by atoms with van der Waals surface area (Å²) in [5.41, 5.74) is 2.96. The third kappa shape index (κ3) is 5.13. The van der Waals surface area contributed by atoms with Crippen LogP contribution in [-0.2, 0) is 29.0 Å². The van der Waals surface area contributed by atoms with Gasteiger partial charge < -0.3 is 18.7 Å². The van der Waals surface area contributed by atoms with Crippen LogP contribution in [0.1, 0.15) is 30.4 Å². The van der Waals surface area contributed by atoms with Crippen LogP contribution in [0.25, 0.3) is 11.4 Å². The van der Waals surface area contributed by atoms with E-state index >= 15 is 0 Å². The standard InChI is InChI=1S/C22H24N2O5/c1-4-15-8-10-17(11-9-15)22-23-19(29-24-22)14-28-20(25)13-12-16-6-5-7-18(26-2)21(16)27-3/h5-11H,4,12-14H2,1-3H3. The summed E-state index contributed by atoms with van der Waals surface area (Å²) in [6.45, 7) is 2.04. The molecule has 0 spiro atoms. The number of esters is 1. The maximum atomic E-state index is 12.1. The molecule has 3 rings (SSSR count). The molecule has 1 heterocycles. The molecule has 0 amide bonds. The molecule has 0 bridgehead atoms. The molecule has 0 aliphatic heterocycles. The zero-order valence-electron chi connectivity index (χ0n) is 16.8. The highest BCUT2D eigenvalue weighted by Gasteiger charge is 2.14. The van der Waals surface area contributed by atoms with Crippen LogP contribution < -0.4 is 9.47 Å². The fraction of sp³-hybridized carbons (Fsp3) is 0.318. The molecule has 1 aromatic heterocycles. The van der Waals surface area contributed by atoms with Crippen LogP contribution in [0, 0.1) is 0 Å². The van der Waals surface area contributed by atoms with E-state index in [0.29, 0.717) is 23.7 Å². The molecular formula is C22H24N2O5. The number of carbonyl (C=O) groups excluding carboxylic acids is 1. The molecule has 0 N–H and O–H groups in total. The van der Waals surface area contributed by atoms with Gasteiger partial charge in [-0.15, -0.1) is 0 Å². The number of para-hydroxylation sites is 1. The van der Waals surface area contributed by atoms with Gasteiger partial charge in [0.1, 0.15) is 0 Å². The summed E-state index contributed by atoms with van der Waals surface area (Å²) >= 11 is 0. The third-order valence-electron chi connectivity index (χ3n) is 4.53. The number of hydrogen-bond acceptors (Lipinski definition) is 7. The number of hydrogen-bond donors (Lipinski definition) is 0. The van der Waals surface area contributed by atoms with Gasteiger partial charge in [0.25, 0.3) is 5.89 Å². The summed E-state index contributed by atoms with van der Waals surface area (Å²) in [7, 11) is 3.15. The second-order valence-corrected chi connectivity index (χ2v) is 6.38. The summed E-state index contributed by atoms with van der Waals surface area (Å²) < 4.78 is 21.1. The lowest BCUT2D eigenvalue weighted by molar-refractivity contribution is -0.145. The van der Waals surface area contributed by atoms with E-state index < -0.39 is 0 Å². The van der Waals surface area contributed by atoms with Crippen LogP contribution in [-0.4, -0.2) is 30.3 Å². The van der Waals surface area contributed by atoms with Crippen molar-refractivity contribution in [3.63, 3.8) is 0 Å². The lowest BCUT2D eigenvalue weighted by atomic mass is 10.1. The Morgan fingerprint density at radius 2 is 1.86 bits per heavy atom. The average molecular weight is 396 g/mol. The molecule has 29 heavy (non-hydrogen) atoms. The third-order valence-corrected chi connectivity index (χ3v) is 4.53. The normalized spacial score (nSPS) is 10.6. The predicted octanol–water partition coefficient (Wildman–Crippen LogP) is 3.99. The summed E-state index contributed by atoms with van der Waals surface area (Å²) in [6.07, 6.45) is 1.64. The zero-order valence-corrected chi connectivity index (χ0v) is 16.8. The van der Waals surface area contributed by atoms with Crippen molar-refractivity contribution in [2.24, 2.45) is 0 Å². The Balaban J connectivity index is 1.53. The first-order valence-corrected chi connectivity index (χ1v) is 9.42. The van der Waals surface area contributed by atoms with Crippen molar-refractivity contribution in [2.75, 3.05) is 14.2 Å². The van der Waals surface area contributed by atoms with Gasteiger partial charge in [-0.25, -0.2) is 0 Å². The molecule has 7 nitrogen and oxygen atoms in total. The first-order chi connectivity index (χ1) is 14.1. The lowest BCUT2D eigenvalue weighted by Gasteiger charge is -2.12. The van der Waals surface area contributed by atoms with Crippen LogP contribution in [0.15, 0.2) is 47.0 Å². The first kappa shape index (κ1) is 20.4. The van der Waals surface area contributed by atoms with Gasteiger partial charge in [-0.05, 0) is 30.0 Å². The molecule has 0 aliphatic carbocycles. The first-order valence-electron chi connectivity index (χ1n) is 9.42. The number of benzene rings is 2. The average Bonchev–Trinajstić information content (AvgIpc) is 3.25. The van der Waals surface area contributed by atoms with Gasteiger partial charge in [-0.3, -0.25) is 4.79 Å². The fourth-order valence-corrected chi connectivity index (χ4v) is 2.92. The van der Waals surface area contributed by atoms with Crippen LogP contribution in [0.3, 0.4) is 0 Å². The maximum Gasteiger partial charge on any atom is 0.306 e. The van der Waals surface area contributed by atoms with Crippen molar-refractivity contribution in [3.8, 4) is 22.9 Å². The van der Waals surface area contributed by atoms with Crippen molar-refractivity contribution in [1.29, 1.82) is 0 Å². The van der Waals surface area contributed by atoms with Gasteiger partial charge in [0, 0.05) is 12.0 Å². The molecule has 152 valence electrons. The van der Waals surface area contributed by atoms with E-state index in [1.54, 1.807) is 14.2 Å². The zero-order chi connectivity index (χ0) is 20.6. The topological polar surface area (TPSA) is 83.7 Å². The number of carbonyl (C=O) groups is 1. The van der Waals surface area contributed by atoms with E-state index in [0.717, 1.165) is 17.5 Å². The molecule has 2 aromatic carbocycles. The molecule has 0 atom stereocenters. The van der Waals surface area contributed by atoms with Crippen LogP contribution >= 0.6 is 0 Å². The highest BCUT2D eigenvalue weighted by Crippen LogP contribution is 2.31. The molecule has 0 unspecified atom stereocenters. The second kappa shape index (κ2) is 9.73. The number of nitrogens with zero attached hydrogens (tertiary/aromatic N) is 2. The molecule has 0 radical (unpaired) electrons. The van der Waals surface area contributed by atoms with Crippen LogP contribution in [0.4, 0.5) is 0 Å². The van der Waals surface area contributed by atoms with Crippen molar-refractivity contribution in [1.82, 2.24) is 10.1 Å². The van der Waals surface area contributed by atoms with Crippen molar-refractivity contribution < 1.29 is 23.5 Å². The van der Waals surface area contributed by atoms with Crippen molar-refractivity contribution in [2.45, 2.75) is 32.8 Å². The molecule has 7 heteroatoms. The Kier molecular flexibility index (Phi) is 6.84. The van der Waals surface area contributed by atoms with Gasteiger partial charge in [0.05, 0.1) is 14.2 Å². The molecule has 3 aromatic rings. The Hall–Kier alpha value is -3.35. The van der Waals surface area contributed by atoms with Crippen LogP contribution in [0.5, 0.6) is 11.5 Å². The summed E-state index contributed by atoms with van der Waals surface area (Å²) in [6, 6.07) is 13.5. The quantitative estimate of drug-likeness (QED) is 0.506. The van der Waals surface area contributed by atoms with Gasteiger partial charge in [0.15, 0.2) is 18.1 Å². The van der Waals surface area contributed by atoms with Crippen LogP contribution in [0.2, 0.25) is 0 Å². The SMILES string of the molecule is CCc1ccc(-c2noc(COC(=O)CCc3cccc(OC)c3OC)n2)cc1. The smallest absolute Gasteiger partial charge is 0.306 e. The lowest BCUT2D eigenvalue weighted by Crippen LogP contribution is -2.07. The van der Waals surface area contributed by atoms with Crippen molar-refractivity contribution in [3.05, 3.63) is 59.5 Å². The van der Waals surface area contributed by atoms with Gasteiger partial charge in [-0.1, -0.05) is 48.5 Å². The second-order valence-electron chi connectivity index (χ2n) is 6.38. The molecular weight excluding hydrogens is 372 g/mol. The number of aromatic nitrogens is 2. The van der Waals surface area contributed by atoms with E-state index in [4.69, 9.17) is 18.7 Å². The monoisotopic (exact) mass is 396 g/mol. The summed E-state index contributed by atoms with van der Waals surface area (Å²) in [5, 5.41) is 3.95. The minimum atomic E-state index is -0.359. The molecule has 0 fully saturated rings. The van der Waals surface area contributed by atoms with Gasteiger partial charge >= 0.3 is 5.97 Å². The number of ether oxygens (including phenoxy) is 3. The van der Waals surface area contributed by atoms with E-state index in [9.17, 15) is 4.79 Å². The Bertz CT molecular complexity index is 950. The molecule has 0 saturated carbocycles. The Morgan fingerprint density at radius 1 is 1.07 bits per heavy atom. The number of rotatable bonds is 9. The van der Waals surface area contributed by atoms with E-state index in [1.807, 2.05) is 42.5 Å².